The third kappa shape index (κ3) is 4.86. The fourth-order valence-electron chi connectivity index (χ4n) is 3.62. The van der Waals surface area contributed by atoms with Crippen molar-refractivity contribution in [2.45, 2.75) is 32.8 Å². The van der Waals surface area contributed by atoms with Gasteiger partial charge < -0.3 is 19.9 Å². The zero-order valence-corrected chi connectivity index (χ0v) is 15.9. The number of amides is 3. The molecule has 2 aliphatic heterocycles. The van der Waals surface area contributed by atoms with Crippen molar-refractivity contribution in [1.29, 1.82) is 0 Å². The van der Waals surface area contributed by atoms with Crippen LogP contribution in [0.2, 0.25) is 0 Å². The maximum absolute atomic E-state index is 12.7. The van der Waals surface area contributed by atoms with E-state index < -0.39 is 0 Å². The molecule has 7 nitrogen and oxygen atoms in total. The summed E-state index contributed by atoms with van der Waals surface area (Å²) in [6.45, 7) is 6.43. The number of likely N-dealkylation sites (tertiary alicyclic amines) is 1. The van der Waals surface area contributed by atoms with Gasteiger partial charge in [0, 0.05) is 50.3 Å². The van der Waals surface area contributed by atoms with Crippen molar-refractivity contribution in [2.75, 3.05) is 38.1 Å². The van der Waals surface area contributed by atoms with Crippen LogP contribution in [0.1, 0.15) is 37.0 Å². The van der Waals surface area contributed by atoms with Gasteiger partial charge in [-0.05, 0) is 38.0 Å². The number of hydrogen-bond donors (Lipinski definition) is 1. The molecule has 2 aliphatic rings. The summed E-state index contributed by atoms with van der Waals surface area (Å²) in [7, 11) is 0. The van der Waals surface area contributed by atoms with Crippen LogP contribution in [-0.2, 0) is 14.3 Å². The van der Waals surface area contributed by atoms with Gasteiger partial charge in [-0.25, -0.2) is 0 Å². The highest BCUT2D eigenvalue weighted by Gasteiger charge is 2.26. The summed E-state index contributed by atoms with van der Waals surface area (Å²) in [5.41, 5.74) is 1.19. The van der Waals surface area contributed by atoms with Gasteiger partial charge in [0.15, 0.2) is 0 Å². The van der Waals surface area contributed by atoms with Crippen LogP contribution < -0.4 is 5.32 Å². The first kappa shape index (κ1) is 19.4. The number of morpholine rings is 1. The molecule has 3 amide bonds. The number of nitrogens with zero attached hydrogens (tertiary/aromatic N) is 2. The van der Waals surface area contributed by atoms with Gasteiger partial charge in [0.25, 0.3) is 5.91 Å². The molecule has 0 aromatic heterocycles. The fraction of sp³-hybridized carbons (Fsp3) is 0.550. The predicted molar refractivity (Wildman–Crippen MR) is 101 cm³/mol. The molecule has 1 unspecified atom stereocenters. The molecule has 27 heavy (non-hydrogen) atoms. The van der Waals surface area contributed by atoms with Crippen molar-refractivity contribution in [1.82, 2.24) is 9.80 Å². The Bertz CT molecular complexity index is 713. The molecule has 2 heterocycles. The van der Waals surface area contributed by atoms with Crippen molar-refractivity contribution in [3.05, 3.63) is 29.8 Å². The van der Waals surface area contributed by atoms with E-state index in [-0.39, 0.29) is 29.7 Å². The molecule has 1 aromatic carbocycles. The quantitative estimate of drug-likeness (QED) is 0.875. The van der Waals surface area contributed by atoms with Crippen molar-refractivity contribution >= 4 is 23.4 Å². The second-order valence-electron chi connectivity index (χ2n) is 7.28. The van der Waals surface area contributed by atoms with Crippen molar-refractivity contribution < 1.29 is 19.1 Å². The minimum atomic E-state index is -0.111. The first-order valence-electron chi connectivity index (χ1n) is 9.51. The molecule has 2 fully saturated rings. The third-order valence-corrected chi connectivity index (χ3v) is 5.22. The molecule has 0 radical (unpaired) electrons. The third-order valence-electron chi connectivity index (χ3n) is 5.22. The number of ether oxygens (including phenoxy) is 1. The summed E-state index contributed by atoms with van der Waals surface area (Å²) in [5, 5.41) is 2.92. The lowest BCUT2D eigenvalue weighted by Crippen LogP contribution is -2.44. The van der Waals surface area contributed by atoms with Gasteiger partial charge in [-0.15, -0.1) is 0 Å². The maximum Gasteiger partial charge on any atom is 0.254 e. The average Bonchev–Trinajstić information content (AvgIpc) is 2.67. The van der Waals surface area contributed by atoms with Crippen LogP contribution in [0.5, 0.6) is 0 Å². The molecule has 0 saturated carbocycles. The fourth-order valence-corrected chi connectivity index (χ4v) is 3.62. The lowest BCUT2D eigenvalue weighted by Gasteiger charge is -2.31. The Labute approximate surface area is 159 Å². The molecule has 0 aliphatic carbocycles. The number of anilines is 1. The number of benzene rings is 1. The van der Waals surface area contributed by atoms with Crippen molar-refractivity contribution in [3.8, 4) is 0 Å². The number of carbonyl (C=O) groups is 3. The molecule has 3 rings (SSSR count). The summed E-state index contributed by atoms with van der Waals surface area (Å²) >= 11 is 0. The Balaban J connectivity index is 1.60. The first-order chi connectivity index (χ1) is 12.9. The highest BCUT2D eigenvalue weighted by molar-refractivity contribution is 5.97. The monoisotopic (exact) mass is 373 g/mol. The smallest absolute Gasteiger partial charge is 0.254 e. The Morgan fingerprint density at radius 1 is 1.11 bits per heavy atom. The van der Waals surface area contributed by atoms with E-state index >= 15 is 0 Å². The van der Waals surface area contributed by atoms with Gasteiger partial charge in [0.1, 0.15) is 0 Å². The van der Waals surface area contributed by atoms with Crippen LogP contribution in [0.15, 0.2) is 24.3 Å². The summed E-state index contributed by atoms with van der Waals surface area (Å²) in [6.07, 6.45) is 1.36. The Morgan fingerprint density at radius 2 is 1.85 bits per heavy atom. The van der Waals surface area contributed by atoms with Crippen LogP contribution in [-0.4, -0.2) is 66.4 Å². The van der Waals surface area contributed by atoms with Crippen LogP contribution in [0.3, 0.4) is 0 Å². The second-order valence-corrected chi connectivity index (χ2v) is 7.28. The molecule has 2 saturated heterocycles. The number of piperidine rings is 1. The van der Waals surface area contributed by atoms with Gasteiger partial charge in [0.2, 0.25) is 11.8 Å². The van der Waals surface area contributed by atoms with E-state index in [1.165, 1.54) is 0 Å². The van der Waals surface area contributed by atoms with E-state index in [0.717, 1.165) is 0 Å². The van der Waals surface area contributed by atoms with E-state index in [0.29, 0.717) is 56.9 Å². The number of hydrogen-bond acceptors (Lipinski definition) is 4. The molecule has 1 atom stereocenters. The molecule has 146 valence electrons. The highest BCUT2D eigenvalue weighted by Crippen LogP contribution is 2.21. The number of rotatable bonds is 3. The van der Waals surface area contributed by atoms with Gasteiger partial charge in [-0.1, -0.05) is 6.07 Å². The molecule has 1 N–H and O–H groups in total. The summed E-state index contributed by atoms with van der Waals surface area (Å²) < 4.78 is 5.48. The Kier molecular flexibility index (Phi) is 6.11. The standard InChI is InChI=1S/C20H27N3O4/c1-14-13-23(10-11-27-14)20(26)17-4-3-5-18(12-17)21-19(25)16-6-8-22(9-7-16)15(2)24/h3-5,12,14,16H,6-11,13H2,1-2H3,(H,21,25). The van der Waals surface area contributed by atoms with E-state index in [1.54, 1.807) is 41.0 Å². The second kappa shape index (κ2) is 8.52. The van der Waals surface area contributed by atoms with Gasteiger partial charge in [-0.3, -0.25) is 14.4 Å². The largest absolute Gasteiger partial charge is 0.375 e. The molecular weight excluding hydrogens is 346 g/mol. The zero-order valence-electron chi connectivity index (χ0n) is 15.9. The Morgan fingerprint density at radius 3 is 2.52 bits per heavy atom. The van der Waals surface area contributed by atoms with Gasteiger partial charge in [0.05, 0.1) is 12.7 Å². The van der Waals surface area contributed by atoms with E-state index in [1.807, 2.05) is 6.92 Å². The summed E-state index contributed by atoms with van der Waals surface area (Å²) in [5.74, 6) is -0.156. The Hall–Kier alpha value is -2.41. The van der Waals surface area contributed by atoms with E-state index in [4.69, 9.17) is 4.74 Å². The van der Waals surface area contributed by atoms with Crippen molar-refractivity contribution in [3.63, 3.8) is 0 Å². The topological polar surface area (TPSA) is 79.0 Å². The zero-order chi connectivity index (χ0) is 19.4. The maximum atomic E-state index is 12.7. The molecule has 1 aromatic rings. The first-order valence-corrected chi connectivity index (χ1v) is 9.51. The minimum Gasteiger partial charge on any atom is -0.375 e. The molecule has 0 bridgehead atoms. The highest BCUT2D eigenvalue weighted by atomic mass is 16.5. The van der Waals surface area contributed by atoms with Crippen LogP contribution in [0, 0.1) is 5.92 Å². The van der Waals surface area contributed by atoms with Crippen LogP contribution in [0.25, 0.3) is 0 Å². The van der Waals surface area contributed by atoms with E-state index in [9.17, 15) is 14.4 Å². The lowest BCUT2D eigenvalue weighted by atomic mass is 9.95. The lowest BCUT2D eigenvalue weighted by molar-refractivity contribution is -0.132. The predicted octanol–water partition coefficient (Wildman–Crippen LogP) is 1.74. The van der Waals surface area contributed by atoms with Gasteiger partial charge in [-0.2, -0.15) is 0 Å². The minimum absolute atomic E-state index is 0.0338. The van der Waals surface area contributed by atoms with Crippen LogP contribution in [0.4, 0.5) is 5.69 Å². The normalized spacial score (nSPS) is 21.0. The van der Waals surface area contributed by atoms with Crippen LogP contribution >= 0.6 is 0 Å². The molecular formula is C20H27N3O4. The average molecular weight is 373 g/mol. The van der Waals surface area contributed by atoms with Crippen molar-refractivity contribution in [2.24, 2.45) is 5.92 Å². The number of nitrogens with one attached hydrogen (secondary N) is 1. The summed E-state index contributed by atoms with van der Waals surface area (Å²) in [4.78, 5) is 40.2. The molecule has 0 spiro atoms. The molecule has 7 heteroatoms. The van der Waals surface area contributed by atoms with E-state index in [2.05, 4.69) is 5.32 Å². The SMILES string of the molecule is CC(=O)N1CCC(C(=O)Nc2cccc(C(=O)N3CCOC(C)C3)c2)CC1. The number of carbonyl (C=O) groups excluding carboxylic acids is 3. The summed E-state index contributed by atoms with van der Waals surface area (Å²) in [6, 6.07) is 7.07. The van der Waals surface area contributed by atoms with Gasteiger partial charge >= 0.3 is 0 Å².